The lowest BCUT2D eigenvalue weighted by Crippen LogP contribution is -2.51. The van der Waals surface area contributed by atoms with Crippen molar-refractivity contribution in [3.05, 3.63) is 0 Å². The van der Waals surface area contributed by atoms with E-state index in [1.54, 1.807) is 0 Å². The van der Waals surface area contributed by atoms with Gasteiger partial charge in [-0.1, -0.05) is 55.5 Å². The summed E-state index contributed by atoms with van der Waals surface area (Å²) >= 11 is 3.86. The maximum atomic E-state index is 3.86. The number of fused-ring (bicyclic) bond motifs is 1. The summed E-state index contributed by atoms with van der Waals surface area (Å²) in [6, 6.07) is 0.921. The van der Waals surface area contributed by atoms with Crippen LogP contribution in [0, 0.1) is 11.3 Å². The van der Waals surface area contributed by atoms with E-state index in [1.165, 1.54) is 82.6 Å². The van der Waals surface area contributed by atoms with Crippen LogP contribution in [-0.4, -0.2) is 29.4 Å². The molecule has 1 nitrogen and oxygen atoms in total. The van der Waals surface area contributed by atoms with Crippen molar-refractivity contribution in [2.45, 2.75) is 84.1 Å². The fraction of sp³-hybridized carbons (Fsp3) is 1.00. The minimum Gasteiger partial charge on any atom is -0.300 e. The molecule has 118 valence electrons. The van der Waals surface area contributed by atoms with Crippen LogP contribution in [0.2, 0.25) is 0 Å². The van der Waals surface area contributed by atoms with Gasteiger partial charge in [-0.2, -0.15) is 0 Å². The number of piperidine rings is 1. The van der Waals surface area contributed by atoms with Gasteiger partial charge in [0, 0.05) is 17.9 Å². The molecule has 2 heteroatoms. The molecular formula is C18H34BrN. The molecule has 0 spiro atoms. The first-order valence-corrected chi connectivity index (χ1v) is 10.2. The van der Waals surface area contributed by atoms with E-state index in [4.69, 9.17) is 0 Å². The maximum Gasteiger partial charge on any atom is 0.0124 e. The zero-order chi connectivity index (χ0) is 14.4. The molecule has 2 atom stereocenters. The molecule has 2 aliphatic rings. The quantitative estimate of drug-likeness (QED) is 0.542. The van der Waals surface area contributed by atoms with E-state index < -0.39 is 0 Å². The molecule has 0 unspecified atom stereocenters. The van der Waals surface area contributed by atoms with Gasteiger partial charge >= 0.3 is 0 Å². The summed E-state index contributed by atoms with van der Waals surface area (Å²) in [4.78, 5) is 2.90. The Bertz CT molecular complexity index is 271. The molecule has 1 aliphatic carbocycles. The molecule has 1 aliphatic heterocycles. The Morgan fingerprint density at radius 3 is 2.30 bits per heavy atom. The van der Waals surface area contributed by atoms with Crippen LogP contribution in [0.25, 0.3) is 0 Å². The predicted octanol–water partition coefficient (Wildman–Crippen LogP) is 5.62. The average molecular weight is 344 g/mol. The highest BCUT2D eigenvalue weighted by atomic mass is 79.9. The van der Waals surface area contributed by atoms with Gasteiger partial charge in [0.25, 0.3) is 0 Å². The number of hydrogen-bond donors (Lipinski definition) is 0. The van der Waals surface area contributed by atoms with Crippen LogP contribution in [0.5, 0.6) is 0 Å². The normalized spacial score (nSPS) is 28.4. The Balaban J connectivity index is 2.03. The van der Waals surface area contributed by atoms with Gasteiger partial charge in [-0.3, -0.25) is 4.90 Å². The van der Waals surface area contributed by atoms with Crippen molar-refractivity contribution in [1.82, 2.24) is 4.90 Å². The lowest BCUT2D eigenvalue weighted by atomic mass is 9.75. The number of rotatable bonds is 7. The first-order chi connectivity index (χ1) is 9.74. The second-order valence-electron chi connectivity index (χ2n) is 7.36. The van der Waals surface area contributed by atoms with Crippen LogP contribution < -0.4 is 0 Å². The summed E-state index contributed by atoms with van der Waals surface area (Å²) in [5.74, 6) is 1.02. The molecule has 0 aromatic carbocycles. The highest BCUT2D eigenvalue weighted by Gasteiger charge is 2.37. The van der Waals surface area contributed by atoms with Crippen molar-refractivity contribution in [2.24, 2.45) is 11.3 Å². The van der Waals surface area contributed by atoms with Gasteiger partial charge in [-0.25, -0.2) is 0 Å². The van der Waals surface area contributed by atoms with Crippen molar-refractivity contribution in [3.8, 4) is 0 Å². The summed E-state index contributed by atoms with van der Waals surface area (Å²) in [5, 5.41) is 1.19. The molecule has 2 rings (SSSR count). The number of likely N-dealkylation sites (tertiary alicyclic amines) is 1. The Morgan fingerprint density at radius 2 is 1.65 bits per heavy atom. The Morgan fingerprint density at radius 1 is 1.00 bits per heavy atom. The highest BCUT2D eigenvalue weighted by Crippen LogP contribution is 2.39. The smallest absolute Gasteiger partial charge is 0.0124 e. The minimum absolute atomic E-state index is 0.531. The summed E-state index contributed by atoms with van der Waals surface area (Å²) in [7, 11) is 0. The van der Waals surface area contributed by atoms with E-state index in [0.717, 1.165) is 12.0 Å². The van der Waals surface area contributed by atoms with Crippen molar-refractivity contribution in [3.63, 3.8) is 0 Å². The monoisotopic (exact) mass is 343 g/mol. The minimum atomic E-state index is 0.531. The Kier molecular flexibility index (Phi) is 6.87. The van der Waals surface area contributed by atoms with Crippen molar-refractivity contribution in [2.75, 3.05) is 18.4 Å². The molecule has 0 aromatic heterocycles. The molecule has 0 amide bonds. The van der Waals surface area contributed by atoms with E-state index >= 15 is 0 Å². The number of alkyl halides is 1. The van der Waals surface area contributed by atoms with Gasteiger partial charge < -0.3 is 0 Å². The van der Waals surface area contributed by atoms with Crippen molar-refractivity contribution < 1.29 is 0 Å². The van der Waals surface area contributed by atoms with E-state index in [1.807, 2.05) is 0 Å². The zero-order valence-electron chi connectivity index (χ0n) is 13.7. The first-order valence-electron chi connectivity index (χ1n) is 9.04. The van der Waals surface area contributed by atoms with Gasteiger partial charge in [0.2, 0.25) is 0 Å². The molecule has 0 bridgehead atoms. The molecule has 1 heterocycles. The second kappa shape index (κ2) is 8.17. The lowest BCUT2D eigenvalue weighted by Gasteiger charge is -2.48. The van der Waals surface area contributed by atoms with Crippen LogP contribution in [0.4, 0.5) is 0 Å². The Labute approximate surface area is 135 Å². The lowest BCUT2D eigenvalue weighted by molar-refractivity contribution is 0.0241. The molecule has 2 fully saturated rings. The standard InChI is InChI=1S/C18H34BrN/c1-3-11-18(14-19,12-4-2)15-20-13-7-9-16-8-5-6-10-17(16)20/h16-17H,3-15H2,1-2H3/t16-,17-/m1/s1. The van der Waals surface area contributed by atoms with Crippen LogP contribution >= 0.6 is 15.9 Å². The molecule has 1 saturated heterocycles. The van der Waals surface area contributed by atoms with Gasteiger partial charge in [0.15, 0.2) is 0 Å². The Hall–Kier alpha value is 0.440. The largest absolute Gasteiger partial charge is 0.300 e. The van der Waals surface area contributed by atoms with Crippen LogP contribution in [-0.2, 0) is 0 Å². The van der Waals surface area contributed by atoms with E-state index in [0.29, 0.717) is 5.41 Å². The van der Waals surface area contributed by atoms with Crippen LogP contribution in [0.3, 0.4) is 0 Å². The fourth-order valence-electron chi connectivity index (χ4n) is 4.87. The van der Waals surface area contributed by atoms with Crippen molar-refractivity contribution >= 4 is 15.9 Å². The van der Waals surface area contributed by atoms with Crippen LogP contribution in [0.15, 0.2) is 0 Å². The molecule has 1 saturated carbocycles. The summed E-state index contributed by atoms with van der Waals surface area (Å²) in [6.07, 6.45) is 14.3. The third kappa shape index (κ3) is 4.00. The zero-order valence-corrected chi connectivity index (χ0v) is 15.3. The number of halogens is 1. The fourth-order valence-corrected chi connectivity index (χ4v) is 5.61. The molecule has 0 N–H and O–H groups in total. The topological polar surface area (TPSA) is 3.24 Å². The predicted molar refractivity (Wildman–Crippen MR) is 92.6 cm³/mol. The SMILES string of the molecule is CCCC(CBr)(CCC)CN1CCC[C@H]2CCCC[C@H]21. The van der Waals surface area contributed by atoms with Gasteiger partial charge in [0.1, 0.15) is 0 Å². The summed E-state index contributed by atoms with van der Waals surface area (Å²) < 4.78 is 0. The third-order valence-corrected chi connectivity index (χ3v) is 6.93. The first kappa shape index (κ1) is 16.8. The summed E-state index contributed by atoms with van der Waals surface area (Å²) in [6.45, 7) is 7.42. The summed E-state index contributed by atoms with van der Waals surface area (Å²) in [5.41, 5.74) is 0.531. The highest BCUT2D eigenvalue weighted by molar-refractivity contribution is 9.09. The average Bonchev–Trinajstić information content (AvgIpc) is 2.48. The van der Waals surface area contributed by atoms with Gasteiger partial charge in [0.05, 0.1) is 0 Å². The van der Waals surface area contributed by atoms with Gasteiger partial charge in [-0.15, -0.1) is 0 Å². The van der Waals surface area contributed by atoms with E-state index in [9.17, 15) is 0 Å². The van der Waals surface area contributed by atoms with E-state index in [-0.39, 0.29) is 0 Å². The second-order valence-corrected chi connectivity index (χ2v) is 7.92. The number of nitrogens with zero attached hydrogens (tertiary/aromatic N) is 1. The van der Waals surface area contributed by atoms with E-state index in [2.05, 4.69) is 34.7 Å². The number of hydrogen-bond acceptors (Lipinski definition) is 1. The molecule has 0 radical (unpaired) electrons. The van der Waals surface area contributed by atoms with Gasteiger partial charge in [-0.05, 0) is 56.4 Å². The van der Waals surface area contributed by atoms with Crippen LogP contribution in [0.1, 0.15) is 78.1 Å². The molecule has 20 heavy (non-hydrogen) atoms. The molecule has 0 aromatic rings. The maximum absolute atomic E-state index is 3.86. The molecular weight excluding hydrogens is 310 g/mol. The third-order valence-electron chi connectivity index (χ3n) is 5.74. The van der Waals surface area contributed by atoms with Crippen molar-refractivity contribution in [1.29, 1.82) is 0 Å².